The number of carbonyl (C=O) groups excluding carboxylic acids is 2. The van der Waals surface area contributed by atoms with Crippen molar-refractivity contribution >= 4 is 29.2 Å². The van der Waals surface area contributed by atoms with Crippen molar-refractivity contribution in [3.63, 3.8) is 0 Å². The summed E-state index contributed by atoms with van der Waals surface area (Å²) in [7, 11) is 0. The van der Waals surface area contributed by atoms with Crippen molar-refractivity contribution in [1.82, 2.24) is 10.6 Å². The Labute approximate surface area is 180 Å². The van der Waals surface area contributed by atoms with Crippen LogP contribution in [0.2, 0.25) is 0 Å². The second kappa shape index (κ2) is 10.4. The molecule has 0 aliphatic rings. The van der Waals surface area contributed by atoms with E-state index >= 15 is 0 Å². The molecule has 2 aromatic carbocycles. The number of aryl methyl sites for hydroxylation is 1. The molecule has 5 nitrogen and oxygen atoms in total. The topological polar surface area (TPSA) is 67.4 Å². The Morgan fingerprint density at radius 2 is 1.77 bits per heavy atom. The van der Waals surface area contributed by atoms with Gasteiger partial charge >= 0.3 is 0 Å². The van der Waals surface area contributed by atoms with Crippen LogP contribution in [-0.4, -0.2) is 24.5 Å². The summed E-state index contributed by atoms with van der Waals surface area (Å²) in [6.07, 6.45) is 1.68. The third-order valence-electron chi connectivity index (χ3n) is 4.32. The van der Waals surface area contributed by atoms with Gasteiger partial charge in [0.15, 0.2) is 0 Å². The molecule has 30 heavy (non-hydrogen) atoms. The largest absolute Gasteiger partial charge is 0.491 e. The predicted octanol–water partition coefficient (Wildman–Crippen LogP) is 4.41. The van der Waals surface area contributed by atoms with Crippen LogP contribution in [0.4, 0.5) is 0 Å². The van der Waals surface area contributed by atoms with Gasteiger partial charge < -0.3 is 15.4 Å². The van der Waals surface area contributed by atoms with Crippen LogP contribution in [0.5, 0.6) is 5.75 Å². The van der Waals surface area contributed by atoms with Crippen LogP contribution in [0.1, 0.15) is 27.7 Å². The van der Waals surface area contributed by atoms with Crippen molar-refractivity contribution in [2.24, 2.45) is 0 Å². The van der Waals surface area contributed by atoms with Gasteiger partial charge in [0.05, 0.1) is 6.04 Å². The molecule has 0 saturated heterocycles. The van der Waals surface area contributed by atoms with Gasteiger partial charge in [0.2, 0.25) is 0 Å². The van der Waals surface area contributed by atoms with Crippen molar-refractivity contribution in [2.45, 2.75) is 19.9 Å². The van der Waals surface area contributed by atoms with E-state index in [1.54, 1.807) is 30.3 Å². The quantitative estimate of drug-likeness (QED) is 0.531. The third-order valence-corrected chi connectivity index (χ3v) is 5.14. The standard InChI is InChI=1S/C24H24N2O3S/c1-17-9-6-7-13-22(17)29-16-18(2)25-24(28)21(15-20-12-8-14-30-20)26-23(27)19-10-4-3-5-11-19/h3-15,18H,16H2,1-2H3,(H,25,28)(H,26,27)/b21-15-/t18-/m0/s1. The van der Waals surface area contributed by atoms with Gasteiger partial charge in [0.1, 0.15) is 18.1 Å². The molecule has 3 aromatic rings. The highest BCUT2D eigenvalue weighted by Crippen LogP contribution is 2.16. The van der Waals surface area contributed by atoms with Crippen LogP contribution in [0, 0.1) is 6.92 Å². The highest BCUT2D eigenvalue weighted by atomic mass is 32.1. The number of nitrogens with one attached hydrogen (secondary N) is 2. The van der Waals surface area contributed by atoms with Gasteiger partial charge in [0, 0.05) is 10.4 Å². The molecule has 1 aromatic heterocycles. The number of hydrogen-bond donors (Lipinski definition) is 2. The minimum Gasteiger partial charge on any atom is -0.491 e. The van der Waals surface area contributed by atoms with Crippen LogP contribution in [-0.2, 0) is 4.79 Å². The van der Waals surface area contributed by atoms with Crippen molar-refractivity contribution in [1.29, 1.82) is 0 Å². The lowest BCUT2D eigenvalue weighted by Gasteiger charge is -2.17. The maximum absolute atomic E-state index is 12.9. The van der Waals surface area contributed by atoms with Gasteiger partial charge in [-0.3, -0.25) is 9.59 Å². The Morgan fingerprint density at radius 3 is 2.47 bits per heavy atom. The Kier molecular flexibility index (Phi) is 7.40. The zero-order chi connectivity index (χ0) is 21.3. The molecule has 0 radical (unpaired) electrons. The van der Waals surface area contributed by atoms with Gasteiger partial charge in [-0.05, 0) is 55.1 Å². The predicted molar refractivity (Wildman–Crippen MR) is 120 cm³/mol. The maximum atomic E-state index is 12.9. The number of rotatable bonds is 8. The summed E-state index contributed by atoms with van der Waals surface area (Å²) < 4.78 is 5.82. The Morgan fingerprint density at radius 1 is 1.03 bits per heavy atom. The van der Waals surface area contributed by atoms with Crippen LogP contribution >= 0.6 is 11.3 Å². The van der Waals surface area contributed by atoms with Crippen molar-refractivity contribution < 1.29 is 14.3 Å². The lowest BCUT2D eigenvalue weighted by Crippen LogP contribution is -2.41. The van der Waals surface area contributed by atoms with E-state index in [2.05, 4.69) is 10.6 Å². The molecule has 154 valence electrons. The first kappa shape index (κ1) is 21.3. The highest BCUT2D eigenvalue weighted by molar-refractivity contribution is 7.10. The molecule has 1 heterocycles. The van der Waals surface area contributed by atoms with Gasteiger partial charge in [-0.2, -0.15) is 0 Å². The fourth-order valence-electron chi connectivity index (χ4n) is 2.73. The Bertz CT molecular complexity index is 1010. The van der Waals surface area contributed by atoms with Crippen molar-refractivity contribution in [2.75, 3.05) is 6.61 Å². The zero-order valence-electron chi connectivity index (χ0n) is 16.9. The number of carbonyl (C=O) groups is 2. The zero-order valence-corrected chi connectivity index (χ0v) is 17.7. The first-order valence-corrected chi connectivity index (χ1v) is 10.5. The minimum atomic E-state index is -0.367. The number of para-hydroxylation sites is 1. The van der Waals surface area contributed by atoms with Gasteiger partial charge in [0.25, 0.3) is 11.8 Å². The summed E-state index contributed by atoms with van der Waals surface area (Å²) in [5.41, 5.74) is 1.71. The summed E-state index contributed by atoms with van der Waals surface area (Å²) >= 11 is 1.49. The van der Waals surface area contributed by atoms with E-state index in [0.29, 0.717) is 12.2 Å². The van der Waals surface area contributed by atoms with Crippen LogP contribution < -0.4 is 15.4 Å². The molecule has 0 bridgehead atoms. The molecule has 0 saturated carbocycles. The normalized spacial score (nSPS) is 12.1. The minimum absolute atomic E-state index is 0.189. The first-order valence-electron chi connectivity index (χ1n) is 9.64. The smallest absolute Gasteiger partial charge is 0.268 e. The van der Waals surface area contributed by atoms with E-state index in [1.807, 2.05) is 61.7 Å². The summed E-state index contributed by atoms with van der Waals surface area (Å²) in [5.74, 6) is 0.0799. The molecule has 0 unspecified atom stereocenters. The second-order valence-electron chi connectivity index (χ2n) is 6.84. The van der Waals surface area contributed by atoms with Crippen LogP contribution in [0.15, 0.2) is 77.8 Å². The van der Waals surface area contributed by atoms with E-state index < -0.39 is 0 Å². The molecule has 2 amide bonds. The second-order valence-corrected chi connectivity index (χ2v) is 7.82. The summed E-state index contributed by atoms with van der Waals surface area (Å²) in [4.78, 5) is 26.3. The molecule has 0 spiro atoms. The Hall–Kier alpha value is -3.38. The van der Waals surface area contributed by atoms with Crippen LogP contribution in [0.25, 0.3) is 6.08 Å². The molecule has 0 fully saturated rings. The summed E-state index contributed by atoms with van der Waals surface area (Å²) in [6.45, 7) is 4.15. The van der Waals surface area contributed by atoms with E-state index in [9.17, 15) is 9.59 Å². The van der Waals surface area contributed by atoms with E-state index in [4.69, 9.17) is 4.74 Å². The summed E-state index contributed by atoms with van der Waals surface area (Å²) in [6, 6.07) is 20.1. The fraction of sp³-hybridized carbons (Fsp3) is 0.167. The average Bonchev–Trinajstić information content (AvgIpc) is 3.26. The molecule has 2 N–H and O–H groups in total. The number of ether oxygens (including phenoxy) is 1. The number of amides is 2. The van der Waals surface area contributed by atoms with Crippen molar-refractivity contribution in [3.05, 3.63) is 93.8 Å². The number of benzene rings is 2. The monoisotopic (exact) mass is 420 g/mol. The van der Waals surface area contributed by atoms with E-state index in [1.165, 1.54) is 11.3 Å². The fourth-order valence-corrected chi connectivity index (χ4v) is 3.39. The van der Waals surface area contributed by atoms with E-state index in [-0.39, 0.29) is 23.6 Å². The molecular weight excluding hydrogens is 396 g/mol. The molecular formula is C24H24N2O3S. The highest BCUT2D eigenvalue weighted by Gasteiger charge is 2.17. The molecule has 6 heteroatoms. The van der Waals surface area contributed by atoms with Gasteiger partial charge in [-0.15, -0.1) is 11.3 Å². The first-order chi connectivity index (χ1) is 14.5. The SMILES string of the molecule is Cc1ccccc1OC[C@H](C)NC(=O)/C(=C/c1cccs1)NC(=O)c1ccccc1. The lowest BCUT2D eigenvalue weighted by atomic mass is 10.2. The molecule has 3 rings (SSSR count). The number of hydrogen-bond acceptors (Lipinski definition) is 4. The molecule has 0 aliphatic carbocycles. The molecule has 0 aliphatic heterocycles. The third kappa shape index (κ3) is 6.06. The van der Waals surface area contributed by atoms with Gasteiger partial charge in [-0.25, -0.2) is 0 Å². The number of thiophene rings is 1. The lowest BCUT2D eigenvalue weighted by molar-refractivity contribution is -0.118. The summed E-state index contributed by atoms with van der Waals surface area (Å²) in [5, 5.41) is 7.55. The maximum Gasteiger partial charge on any atom is 0.268 e. The van der Waals surface area contributed by atoms with Crippen LogP contribution in [0.3, 0.4) is 0 Å². The van der Waals surface area contributed by atoms with Gasteiger partial charge in [-0.1, -0.05) is 42.5 Å². The molecule has 1 atom stereocenters. The average molecular weight is 421 g/mol. The van der Waals surface area contributed by atoms with E-state index in [0.717, 1.165) is 16.2 Å². The van der Waals surface area contributed by atoms with Crippen molar-refractivity contribution in [3.8, 4) is 5.75 Å². The Balaban J connectivity index is 1.67.